The van der Waals surface area contributed by atoms with E-state index in [1.165, 1.54) is 13.0 Å². The minimum atomic E-state index is -0.958. The van der Waals surface area contributed by atoms with Crippen molar-refractivity contribution >= 4 is 23.3 Å². The fourth-order valence-electron chi connectivity index (χ4n) is 1.55. The van der Waals surface area contributed by atoms with Gasteiger partial charge in [-0.05, 0) is 19.4 Å². The molecule has 0 aliphatic heterocycles. The number of nitrogens with zero attached hydrogens (tertiary/aromatic N) is 1. The quantitative estimate of drug-likeness (QED) is 0.321. The molecule has 0 saturated heterocycles. The van der Waals surface area contributed by atoms with Crippen LogP contribution in [0.15, 0.2) is 24.3 Å². The average Bonchev–Trinajstić information content (AvgIpc) is 2.43. The fraction of sp³-hybridized carbons (Fsp3) is 0.385. The zero-order valence-corrected chi connectivity index (χ0v) is 11.6. The van der Waals surface area contributed by atoms with Crippen LogP contribution in [0.4, 0.5) is 11.4 Å². The highest BCUT2D eigenvalue weighted by molar-refractivity contribution is 5.81. The first kappa shape index (κ1) is 16.4. The SMILES string of the molecule is C[C@@H](OC(=O)CCCNc1ccccc1[N+](=O)[O-])C(N)=O. The molecular weight excluding hydrogens is 278 g/mol. The number of anilines is 1. The summed E-state index contributed by atoms with van der Waals surface area (Å²) in [4.78, 5) is 32.4. The molecule has 1 aromatic rings. The summed E-state index contributed by atoms with van der Waals surface area (Å²) in [7, 11) is 0. The Hall–Kier alpha value is -2.64. The van der Waals surface area contributed by atoms with Gasteiger partial charge in [0.1, 0.15) is 5.69 Å². The number of nitro benzene ring substituents is 1. The zero-order valence-electron chi connectivity index (χ0n) is 11.6. The van der Waals surface area contributed by atoms with Gasteiger partial charge in [-0.1, -0.05) is 12.1 Å². The van der Waals surface area contributed by atoms with E-state index in [0.717, 1.165) is 0 Å². The normalized spacial score (nSPS) is 11.5. The second-order valence-corrected chi connectivity index (χ2v) is 4.34. The third-order valence-electron chi connectivity index (χ3n) is 2.68. The maximum atomic E-state index is 11.4. The van der Waals surface area contributed by atoms with Crippen LogP contribution in [0.3, 0.4) is 0 Å². The standard InChI is InChI=1S/C13H17N3O5/c1-9(13(14)18)21-12(17)7-4-8-15-10-5-2-3-6-11(10)16(19)20/h2-3,5-6,9,15H,4,7-8H2,1H3,(H2,14,18)/t9-/m1/s1. The molecule has 0 spiro atoms. The number of esters is 1. The summed E-state index contributed by atoms with van der Waals surface area (Å²) in [6, 6.07) is 6.24. The monoisotopic (exact) mass is 295 g/mol. The van der Waals surface area contributed by atoms with Gasteiger partial charge in [-0.3, -0.25) is 19.7 Å². The van der Waals surface area contributed by atoms with Crippen LogP contribution in [-0.4, -0.2) is 29.4 Å². The Morgan fingerprint density at radius 3 is 2.71 bits per heavy atom. The summed E-state index contributed by atoms with van der Waals surface area (Å²) in [5.74, 6) is -1.24. The molecule has 8 heteroatoms. The van der Waals surface area contributed by atoms with Gasteiger partial charge in [0.15, 0.2) is 6.10 Å². The molecule has 0 radical (unpaired) electrons. The number of carbonyl (C=O) groups is 2. The average molecular weight is 295 g/mol. The molecule has 0 saturated carbocycles. The van der Waals surface area contributed by atoms with Gasteiger partial charge in [0.05, 0.1) is 4.92 Å². The second-order valence-electron chi connectivity index (χ2n) is 4.34. The Balaban J connectivity index is 2.36. The summed E-state index contributed by atoms with van der Waals surface area (Å²) < 4.78 is 4.78. The van der Waals surface area contributed by atoms with E-state index in [1.807, 2.05) is 0 Å². The van der Waals surface area contributed by atoms with Crippen molar-refractivity contribution in [3.05, 3.63) is 34.4 Å². The van der Waals surface area contributed by atoms with Crippen molar-refractivity contribution in [2.24, 2.45) is 5.73 Å². The lowest BCUT2D eigenvalue weighted by Gasteiger charge is -2.10. The van der Waals surface area contributed by atoms with E-state index in [1.54, 1.807) is 18.2 Å². The highest BCUT2D eigenvalue weighted by Crippen LogP contribution is 2.22. The molecule has 0 aromatic heterocycles. The third kappa shape index (κ3) is 5.47. The molecule has 0 heterocycles. The van der Waals surface area contributed by atoms with Crippen LogP contribution in [0.1, 0.15) is 19.8 Å². The summed E-state index contributed by atoms with van der Waals surface area (Å²) in [5, 5.41) is 13.7. The van der Waals surface area contributed by atoms with Gasteiger partial charge < -0.3 is 15.8 Å². The predicted octanol–water partition coefficient (Wildman–Crippen LogP) is 1.20. The van der Waals surface area contributed by atoms with Crippen molar-refractivity contribution in [1.82, 2.24) is 0 Å². The molecule has 114 valence electrons. The first-order valence-corrected chi connectivity index (χ1v) is 6.38. The molecule has 1 atom stereocenters. The smallest absolute Gasteiger partial charge is 0.306 e. The Labute approximate surface area is 121 Å². The number of benzene rings is 1. The maximum Gasteiger partial charge on any atom is 0.306 e. The van der Waals surface area contributed by atoms with Crippen LogP contribution in [0, 0.1) is 10.1 Å². The van der Waals surface area contributed by atoms with E-state index in [2.05, 4.69) is 5.32 Å². The number of nitrogens with two attached hydrogens (primary N) is 1. The number of primary amides is 1. The lowest BCUT2D eigenvalue weighted by Crippen LogP contribution is -2.30. The number of para-hydroxylation sites is 2. The van der Waals surface area contributed by atoms with Gasteiger partial charge in [-0.15, -0.1) is 0 Å². The molecule has 21 heavy (non-hydrogen) atoms. The topological polar surface area (TPSA) is 125 Å². The Morgan fingerprint density at radius 1 is 1.43 bits per heavy atom. The Morgan fingerprint density at radius 2 is 2.10 bits per heavy atom. The highest BCUT2D eigenvalue weighted by Gasteiger charge is 2.14. The van der Waals surface area contributed by atoms with E-state index in [9.17, 15) is 19.7 Å². The summed E-state index contributed by atoms with van der Waals surface area (Å²) in [6.45, 7) is 1.76. The van der Waals surface area contributed by atoms with E-state index in [4.69, 9.17) is 10.5 Å². The molecule has 0 unspecified atom stereocenters. The number of nitro groups is 1. The van der Waals surface area contributed by atoms with E-state index in [-0.39, 0.29) is 12.1 Å². The molecule has 1 rings (SSSR count). The molecule has 8 nitrogen and oxygen atoms in total. The van der Waals surface area contributed by atoms with Crippen LogP contribution >= 0.6 is 0 Å². The molecule has 1 amide bonds. The number of hydrogen-bond donors (Lipinski definition) is 2. The van der Waals surface area contributed by atoms with Crippen molar-refractivity contribution in [3.63, 3.8) is 0 Å². The van der Waals surface area contributed by atoms with Crippen LogP contribution in [0.5, 0.6) is 0 Å². The van der Waals surface area contributed by atoms with E-state index < -0.39 is 22.9 Å². The number of rotatable bonds is 8. The van der Waals surface area contributed by atoms with Crippen molar-refractivity contribution in [2.75, 3.05) is 11.9 Å². The fourth-order valence-corrected chi connectivity index (χ4v) is 1.55. The summed E-state index contributed by atoms with van der Waals surface area (Å²) >= 11 is 0. The predicted molar refractivity (Wildman–Crippen MR) is 75.6 cm³/mol. The number of hydrogen-bond acceptors (Lipinski definition) is 6. The minimum absolute atomic E-state index is 0.0255. The van der Waals surface area contributed by atoms with Crippen LogP contribution < -0.4 is 11.1 Å². The Bertz CT molecular complexity index is 532. The number of amides is 1. The van der Waals surface area contributed by atoms with Crippen LogP contribution in [0.25, 0.3) is 0 Å². The Kier molecular flexibility index (Phi) is 6.12. The first-order valence-electron chi connectivity index (χ1n) is 6.38. The lowest BCUT2D eigenvalue weighted by atomic mass is 10.2. The van der Waals surface area contributed by atoms with Gasteiger partial charge >= 0.3 is 5.97 Å². The van der Waals surface area contributed by atoms with Gasteiger partial charge in [-0.25, -0.2) is 0 Å². The summed E-state index contributed by atoms with van der Waals surface area (Å²) in [5.41, 5.74) is 5.33. The van der Waals surface area contributed by atoms with Crippen molar-refractivity contribution in [1.29, 1.82) is 0 Å². The van der Waals surface area contributed by atoms with E-state index >= 15 is 0 Å². The number of ether oxygens (including phenoxy) is 1. The molecule has 0 aliphatic carbocycles. The molecule has 1 aromatic carbocycles. The third-order valence-corrected chi connectivity index (χ3v) is 2.68. The van der Waals surface area contributed by atoms with Crippen molar-refractivity contribution < 1.29 is 19.2 Å². The maximum absolute atomic E-state index is 11.4. The number of nitrogens with one attached hydrogen (secondary N) is 1. The molecule has 3 N–H and O–H groups in total. The van der Waals surface area contributed by atoms with Gasteiger partial charge in [0.25, 0.3) is 11.6 Å². The highest BCUT2D eigenvalue weighted by atomic mass is 16.6. The molecule has 0 bridgehead atoms. The van der Waals surface area contributed by atoms with Crippen molar-refractivity contribution in [2.45, 2.75) is 25.9 Å². The van der Waals surface area contributed by atoms with Gasteiger partial charge in [0.2, 0.25) is 0 Å². The molecule has 0 aliphatic rings. The molecular formula is C13H17N3O5. The summed E-state index contributed by atoms with van der Waals surface area (Å²) in [6.07, 6.45) is -0.456. The van der Waals surface area contributed by atoms with Crippen LogP contribution in [-0.2, 0) is 14.3 Å². The first-order chi connectivity index (χ1) is 9.91. The van der Waals surface area contributed by atoms with E-state index in [0.29, 0.717) is 18.7 Å². The van der Waals surface area contributed by atoms with Gasteiger partial charge in [-0.2, -0.15) is 0 Å². The largest absolute Gasteiger partial charge is 0.453 e. The zero-order chi connectivity index (χ0) is 15.8. The van der Waals surface area contributed by atoms with Gasteiger partial charge in [0, 0.05) is 19.0 Å². The van der Waals surface area contributed by atoms with Crippen molar-refractivity contribution in [3.8, 4) is 0 Å². The molecule has 0 fully saturated rings. The van der Waals surface area contributed by atoms with Crippen LogP contribution in [0.2, 0.25) is 0 Å². The lowest BCUT2D eigenvalue weighted by molar-refractivity contribution is -0.384. The number of carbonyl (C=O) groups excluding carboxylic acids is 2. The minimum Gasteiger partial charge on any atom is -0.453 e. The second kappa shape index (κ2) is 7.83.